The van der Waals surface area contributed by atoms with E-state index in [1.807, 2.05) is 45.0 Å². The maximum atomic E-state index is 6.06. The maximum absolute atomic E-state index is 6.06. The molecule has 3 heteroatoms. The van der Waals surface area contributed by atoms with Gasteiger partial charge in [-0.15, -0.1) is 0 Å². The van der Waals surface area contributed by atoms with Crippen molar-refractivity contribution in [3.8, 4) is 5.75 Å². The maximum Gasteiger partial charge on any atom is 0.124 e. The predicted octanol–water partition coefficient (Wildman–Crippen LogP) is 3.29. The Bertz CT molecular complexity index is 358. The SMILES string of the molecule is CC[C@@H](N)c1ccccc1OCCOC(C)(C)C. The average molecular weight is 251 g/mol. The van der Waals surface area contributed by atoms with Gasteiger partial charge in [0.15, 0.2) is 0 Å². The molecule has 2 N–H and O–H groups in total. The van der Waals surface area contributed by atoms with Gasteiger partial charge in [-0.2, -0.15) is 0 Å². The molecular weight excluding hydrogens is 226 g/mol. The van der Waals surface area contributed by atoms with E-state index in [0.29, 0.717) is 13.2 Å². The first kappa shape index (κ1) is 15.0. The van der Waals surface area contributed by atoms with Crippen molar-refractivity contribution in [1.82, 2.24) is 0 Å². The van der Waals surface area contributed by atoms with Gasteiger partial charge >= 0.3 is 0 Å². The van der Waals surface area contributed by atoms with Crippen LogP contribution in [0.5, 0.6) is 5.75 Å². The molecule has 102 valence electrons. The molecule has 0 saturated heterocycles. The second-order valence-corrected chi connectivity index (χ2v) is 5.36. The predicted molar refractivity (Wildman–Crippen MR) is 74.9 cm³/mol. The minimum atomic E-state index is -0.122. The first-order valence-corrected chi connectivity index (χ1v) is 6.55. The summed E-state index contributed by atoms with van der Waals surface area (Å²) >= 11 is 0. The molecular formula is C15H25NO2. The summed E-state index contributed by atoms with van der Waals surface area (Å²) in [5, 5.41) is 0. The Hall–Kier alpha value is -1.06. The van der Waals surface area contributed by atoms with Crippen molar-refractivity contribution in [2.24, 2.45) is 5.73 Å². The van der Waals surface area contributed by atoms with Gasteiger partial charge < -0.3 is 15.2 Å². The van der Waals surface area contributed by atoms with Gasteiger partial charge in [0.2, 0.25) is 0 Å². The Labute approximate surface area is 110 Å². The van der Waals surface area contributed by atoms with Gasteiger partial charge in [0.1, 0.15) is 12.4 Å². The first-order valence-electron chi connectivity index (χ1n) is 6.55. The molecule has 1 rings (SSSR count). The molecule has 1 aromatic carbocycles. The van der Waals surface area contributed by atoms with Gasteiger partial charge in [-0.25, -0.2) is 0 Å². The van der Waals surface area contributed by atoms with Crippen LogP contribution in [0.25, 0.3) is 0 Å². The quantitative estimate of drug-likeness (QED) is 0.789. The van der Waals surface area contributed by atoms with Crippen molar-refractivity contribution in [3.05, 3.63) is 29.8 Å². The van der Waals surface area contributed by atoms with Gasteiger partial charge in [-0.1, -0.05) is 25.1 Å². The van der Waals surface area contributed by atoms with Crippen molar-refractivity contribution >= 4 is 0 Å². The fourth-order valence-corrected chi connectivity index (χ4v) is 1.64. The Morgan fingerprint density at radius 1 is 1.17 bits per heavy atom. The number of rotatable bonds is 6. The van der Waals surface area contributed by atoms with Gasteiger partial charge in [0.25, 0.3) is 0 Å². The molecule has 0 unspecified atom stereocenters. The molecule has 1 atom stereocenters. The van der Waals surface area contributed by atoms with Crippen LogP contribution in [-0.2, 0) is 4.74 Å². The van der Waals surface area contributed by atoms with E-state index in [2.05, 4.69) is 6.92 Å². The Morgan fingerprint density at radius 2 is 1.83 bits per heavy atom. The second-order valence-electron chi connectivity index (χ2n) is 5.36. The third-order valence-electron chi connectivity index (χ3n) is 2.63. The second kappa shape index (κ2) is 6.76. The van der Waals surface area contributed by atoms with E-state index >= 15 is 0 Å². The van der Waals surface area contributed by atoms with Gasteiger partial charge in [0.05, 0.1) is 12.2 Å². The normalized spacial score (nSPS) is 13.4. The number of hydrogen-bond acceptors (Lipinski definition) is 3. The van der Waals surface area contributed by atoms with E-state index in [4.69, 9.17) is 15.2 Å². The number of ether oxygens (including phenoxy) is 2. The topological polar surface area (TPSA) is 44.5 Å². The van der Waals surface area contributed by atoms with Crippen molar-refractivity contribution in [3.63, 3.8) is 0 Å². The summed E-state index contributed by atoms with van der Waals surface area (Å²) in [6, 6.07) is 7.97. The van der Waals surface area contributed by atoms with Crippen molar-refractivity contribution < 1.29 is 9.47 Å². The van der Waals surface area contributed by atoms with Gasteiger partial charge in [-0.05, 0) is 33.3 Å². The molecule has 0 heterocycles. The largest absolute Gasteiger partial charge is 0.491 e. The highest BCUT2D eigenvalue weighted by molar-refractivity contribution is 5.35. The molecule has 0 aliphatic rings. The monoisotopic (exact) mass is 251 g/mol. The lowest BCUT2D eigenvalue weighted by Gasteiger charge is -2.20. The number of para-hydroxylation sites is 1. The Morgan fingerprint density at radius 3 is 2.44 bits per heavy atom. The highest BCUT2D eigenvalue weighted by Gasteiger charge is 2.11. The fourth-order valence-electron chi connectivity index (χ4n) is 1.64. The van der Waals surface area contributed by atoms with E-state index in [1.165, 1.54) is 0 Å². The summed E-state index contributed by atoms with van der Waals surface area (Å²) in [4.78, 5) is 0. The smallest absolute Gasteiger partial charge is 0.124 e. The minimum Gasteiger partial charge on any atom is -0.491 e. The number of benzene rings is 1. The van der Waals surface area contributed by atoms with Crippen molar-refractivity contribution in [1.29, 1.82) is 0 Å². The molecule has 0 amide bonds. The molecule has 0 spiro atoms. The molecule has 18 heavy (non-hydrogen) atoms. The molecule has 0 fully saturated rings. The molecule has 0 radical (unpaired) electrons. The molecule has 1 aromatic rings. The zero-order chi connectivity index (χ0) is 13.6. The van der Waals surface area contributed by atoms with E-state index in [1.54, 1.807) is 0 Å². The number of hydrogen-bond donors (Lipinski definition) is 1. The summed E-state index contributed by atoms with van der Waals surface area (Å²) < 4.78 is 11.4. The summed E-state index contributed by atoms with van der Waals surface area (Å²) in [5.74, 6) is 0.865. The molecule has 0 aliphatic carbocycles. The lowest BCUT2D eigenvalue weighted by molar-refractivity contribution is -0.0164. The van der Waals surface area contributed by atoms with Crippen LogP contribution in [0.15, 0.2) is 24.3 Å². The van der Waals surface area contributed by atoms with Crippen molar-refractivity contribution in [2.45, 2.75) is 45.8 Å². The zero-order valence-electron chi connectivity index (χ0n) is 11.9. The highest BCUT2D eigenvalue weighted by Crippen LogP contribution is 2.25. The van der Waals surface area contributed by atoms with Crippen LogP contribution < -0.4 is 10.5 Å². The fraction of sp³-hybridized carbons (Fsp3) is 0.600. The molecule has 0 bridgehead atoms. The van der Waals surface area contributed by atoms with Crippen molar-refractivity contribution in [2.75, 3.05) is 13.2 Å². The van der Waals surface area contributed by atoms with E-state index in [9.17, 15) is 0 Å². The molecule has 0 aromatic heterocycles. The van der Waals surface area contributed by atoms with Gasteiger partial charge in [0, 0.05) is 11.6 Å². The molecule has 3 nitrogen and oxygen atoms in total. The summed E-state index contributed by atoms with van der Waals surface area (Å²) in [7, 11) is 0. The third kappa shape index (κ3) is 5.07. The van der Waals surface area contributed by atoms with Crippen LogP contribution in [0.4, 0.5) is 0 Å². The van der Waals surface area contributed by atoms with E-state index < -0.39 is 0 Å². The molecule has 0 aliphatic heterocycles. The van der Waals surface area contributed by atoms with Crippen LogP contribution in [-0.4, -0.2) is 18.8 Å². The van der Waals surface area contributed by atoms with E-state index in [-0.39, 0.29) is 11.6 Å². The first-order chi connectivity index (χ1) is 8.44. The Balaban J connectivity index is 2.52. The lowest BCUT2D eigenvalue weighted by Crippen LogP contribution is -2.22. The standard InChI is InChI=1S/C15H25NO2/c1-5-13(16)12-8-6-7-9-14(12)17-10-11-18-15(2,3)4/h6-9,13H,5,10-11,16H2,1-4H3/t13-/m1/s1. The lowest BCUT2D eigenvalue weighted by atomic mass is 10.0. The van der Waals surface area contributed by atoms with Crippen LogP contribution in [0, 0.1) is 0 Å². The van der Waals surface area contributed by atoms with Crippen LogP contribution in [0.1, 0.15) is 45.7 Å². The Kier molecular flexibility index (Phi) is 5.63. The van der Waals surface area contributed by atoms with Crippen LogP contribution >= 0.6 is 0 Å². The van der Waals surface area contributed by atoms with E-state index in [0.717, 1.165) is 17.7 Å². The van der Waals surface area contributed by atoms with Gasteiger partial charge in [-0.3, -0.25) is 0 Å². The average Bonchev–Trinajstić information content (AvgIpc) is 2.33. The number of nitrogens with two attached hydrogens (primary N) is 1. The van der Waals surface area contributed by atoms with Crippen LogP contribution in [0.2, 0.25) is 0 Å². The molecule has 0 saturated carbocycles. The highest BCUT2D eigenvalue weighted by atomic mass is 16.5. The summed E-state index contributed by atoms with van der Waals surface area (Å²) in [6.07, 6.45) is 0.902. The zero-order valence-corrected chi connectivity index (χ0v) is 11.9. The summed E-state index contributed by atoms with van der Waals surface area (Å²) in [6.45, 7) is 9.31. The van der Waals surface area contributed by atoms with Crippen LogP contribution in [0.3, 0.4) is 0 Å². The third-order valence-corrected chi connectivity index (χ3v) is 2.63. The minimum absolute atomic E-state index is 0.0322. The summed E-state index contributed by atoms with van der Waals surface area (Å²) in [5.41, 5.74) is 7.00.